The molecule has 0 saturated heterocycles. The summed E-state index contributed by atoms with van der Waals surface area (Å²) in [5.41, 5.74) is 2.79. The van der Waals surface area contributed by atoms with E-state index in [2.05, 4.69) is 11.4 Å². The van der Waals surface area contributed by atoms with Gasteiger partial charge in [-0.25, -0.2) is 0 Å². The number of hydrogen-bond acceptors (Lipinski definition) is 3. The van der Waals surface area contributed by atoms with Crippen LogP contribution in [0.2, 0.25) is 0 Å². The van der Waals surface area contributed by atoms with Crippen molar-refractivity contribution in [3.8, 4) is 11.8 Å². The minimum atomic E-state index is 0.702. The number of ether oxygens (including phenoxy) is 1. The largest absolute Gasteiger partial charge is 0.493 e. The number of nitriles is 1. The molecule has 96 valence electrons. The Morgan fingerprint density at radius 1 is 1.33 bits per heavy atom. The Bertz CT molecular complexity index is 435. The lowest BCUT2D eigenvalue weighted by atomic mass is 10.1. The van der Waals surface area contributed by atoms with E-state index in [1.807, 2.05) is 26.0 Å². The van der Waals surface area contributed by atoms with Crippen molar-refractivity contribution in [2.24, 2.45) is 0 Å². The van der Waals surface area contributed by atoms with Crippen LogP contribution in [-0.2, 0) is 0 Å². The monoisotopic (exact) mass is 244 g/mol. The summed E-state index contributed by atoms with van der Waals surface area (Å²) in [6, 6.07) is 6.69. The minimum Gasteiger partial charge on any atom is -0.493 e. The van der Waals surface area contributed by atoms with Crippen molar-refractivity contribution in [2.45, 2.75) is 39.2 Å². The summed E-state index contributed by atoms with van der Waals surface area (Å²) in [5, 5.41) is 12.3. The topological polar surface area (TPSA) is 45.0 Å². The van der Waals surface area contributed by atoms with Gasteiger partial charge in [0, 0.05) is 6.04 Å². The Morgan fingerprint density at radius 3 is 2.56 bits per heavy atom. The molecule has 3 heteroatoms. The molecular weight excluding hydrogens is 224 g/mol. The number of rotatable bonds is 6. The Kier molecular flexibility index (Phi) is 4.22. The van der Waals surface area contributed by atoms with Gasteiger partial charge in [0.15, 0.2) is 0 Å². The van der Waals surface area contributed by atoms with Gasteiger partial charge in [0.2, 0.25) is 0 Å². The van der Waals surface area contributed by atoms with E-state index in [-0.39, 0.29) is 0 Å². The lowest BCUT2D eigenvalue weighted by molar-refractivity contribution is 0.304. The van der Waals surface area contributed by atoms with Crippen LogP contribution in [-0.4, -0.2) is 19.2 Å². The zero-order valence-electron chi connectivity index (χ0n) is 11.1. The van der Waals surface area contributed by atoms with Crippen molar-refractivity contribution >= 4 is 0 Å². The van der Waals surface area contributed by atoms with Gasteiger partial charge in [-0.15, -0.1) is 0 Å². The van der Waals surface area contributed by atoms with Crippen LogP contribution < -0.4 is 10.1 Å². The Hall–Kier alpha value is -1.53. The van der Waals surface area contributed by atoms with Gasteiger partial charge in [-0.2, -0.15) is 5.26 Å². The van der Waals surface area contributed by atoms with Gasteiger partial charge in [0.05, 0.1) is 18.2 Å². The maximum Gasteiger partial charge on any atom is 0.125 e. The first kappa shape index (κ1) is 12.9. The lowest BCUT2D eigenvalue weighted by Crippen LogP contribution is -2.19. The highest BCUT2D eigenvalue weighted by Crippen LogP contribution is 2.24. The van der Waals surface area contributed by atoms with Crippen molar-refractivity contribution in [1.29, 1.82) is 5.26 Å². The summed E-state index contributed by atoms with van der Waals surface area (Å²) >= 11 is 0. The highest BCUT2D eigenvalue weighted by atomic mass is 16.5. The average Bonchev–Trinajstić information content (AvgIpc) is 3.15. The summed E-state index contributed by atoms with van der Waals surface area (Å²) in [5.74, 6) is 0.931. The molecule has 0 bridgehead atoms. The first-order valence-corrected chi connectivity index (χ1v) is 6.58. The lowest BCUT2D eigenvalue weighted by Gasteiger charge is -2.12. The fourth-order valence-electron chi connectivity index (χ4n) is 2.08. The van der Waals surface area contributed by atoms with Crippen LogP contribution in [0, 0.1) is 25.2 Å². The molecule has 3 nitrogen and oxygen atoms in total. The Balaban J connectivity index is 1.82. The van der Waals surface area contributed by atoms with Crippen molar-refractivity contribution in [3.63, 3.8) is 0 Å². The number of nitrogens with zero attached hydrogens (tertiary/aromatic N) is 1. The molecule has 1 aliphatic rings. The third-order valence-corrected chi connectivity index (χ3v) is 3.17. The second kappa shape index (κ2) is 5.88. The molecule has 1 fully saturated rings. The normalized spacial score (nSPS) is 14.3. The predicted molar refractivity (Wildman–Crippen MR) is 71.8 cm³/mol. The van der Waals surface area contributed by atoms with Crippen LogP contribution in [0.1, 0.15) is 36.0 Å². The Labute approximate surface area is 109 Å². The summed E-state index contributed by atoms with van der Waals surface area (Å²) in [6.45, 7) is 5.74. The first-order valence-electron chi connectivity index (χ1n) is 6.58. The maximum atomic E-state index is 8.88. The van der Waals surface area contributed by atoms with E-state index in [9.17, 15) is 0 Å². The average molecular weight is 244 g/mol. The van der Waals surface area contributed by atoms with Crippen LogP contribution in [0.3, 0.4) is 0 Å². The maximum absolute atomic E-state index is 8.88. The molecule has 0 spiro atoms. The fraction of sp³-hybridized carbons (Fsp3) is 0.533. The van der Waals surface area contributed by atoms with Gasteiger partial charge in [-0.3, -0.25) is 0 Å². The molecule has 0 aromatic heterocycles. The standard InChI is InChI=1S/C15H20N2O/c1-11-8-13(10-16)9-12(2)15(11)18-7-3-6-17-14-4-5-14/h8-9,14,17H,3-7H2,1-2H3. The van der Waals surface area contributed by atoms with E-state index in [0.29, 0.717) is 5.56 Å². The van der Waals surface area contributed by atoms with E-state index < -0.39 is 0 Å². The third-order valence-electron chi connectivity index (χ3n) is 3.17. The molecule has 0 heterocycles. The summed E-state index contributed by atoms with van der Waals surface area (Å²) in [6.07, 6.45) is 3.68. The first-order chi connectivity index (χ1) is 8.70. The highest BCUT2D eigenvalue weighted by molar-refractivity contribution is 5.47. The van der Waals surface area contributed by atoms with Gasteiger partial charge < -0.3 is 10.1 Å². The quantitative estimate of drug-likeness (QED) is 0.782. The molecule has 2 rings (SSSR count). The van der Waals surface area contributed by atoms with Gasteiger partial charge in [0.25, 0.3) is 0 Å². The molecule has 1 aromatic rings. The van der Waals surface area contributed by atoms with E-state index >= 15 is 0 Å². The number of aryl methyl sites for hydroxylation is 2. The highest BCUT2D eigenvalue weighted by Gasteiger charge is 2.19. The van der Waals surface area contributed by atoms with E-state index in [4.69, 9.17) is 10.00 Å². The molecule has 1 N–H and O–H groups in total. The van der Waals surface area contributed by atoms with E-state index in [1.54, 1.807) is 0 Å². The summed E-state index contributed by atoms with van der Waals surface area (Å²) < 4.78 is 5.82. The third kappa shape index (κ3) is 3.48. The zero-order chi connectivity index (χ0) is 13.0. The molecule has 1 saturated carbocycles. The molecule has 0 amide bonds. The fourth-order valence-corrected chi connectivity index (χ4v) is 2.08. The SMILES string of the molecule is Cc1cc(C#N)cc(C)c1OCCCNC1CC1. The van der Waals surface area contributed by atoms with Crippen molar-refractivity contribution in [1.82, 2.24) is 5.32 Å². The summed E-state index contributed by atoms with van der Waals surface area (Å²) in [4.78, 5) is 0. The van der Waals surface area contributed by atoms with Crippen LogP contribution >= 0.6 is 0 Å². The molecular formula is C15H20N2O. The van der Waals surface area contributed by atoms with Crippen LogP contribution in [0.25, 0.3) is 0 Å². The Morgan fingerprint density at radius 2 is 2.00 bits per heavy atom. The number of nitrogens with one attached hydrogen (secondary N) is 1. The molecule has 1 aromatic carbocycles. The van der Waals surface area contributed by atoms with Gasteiger partial charge in [-0.05, 0) is 62.9 Å². The smallest absolute Gasteiger partial charge is 0.125 e. The number of hydrogen-bond donors (Lipinski definition) is 1. The summed E-state index contributed by atoms with van der Waals surface area (Å²) in [7, 11) is 0. The van der Waals surface area contributed by atoms with Crippen molar-refractivity contribution in [3.05, 3.63) is 28.8 Å². The van der Waals surface area contributed by atoms with Crippen molar-refractivity contribution < 1.29 is 4.74 Å². The molecule has 1 aliphatic carbocycles. The van der Waals surface area contributed by atoms with Crippen LogP contribution in [0.5, 0.6) is 5.75 Å². The minimum absolute atomic E-state index is 0.702. The van der Waals surface area contributed by atoms with Crippen LogP contribution in [0.15, 0.2) is 12.1 Å². The predicted octanol–water partition coefficient (Wildman–Crippen LogP) is 2.70. The van der Waals surface area contributed by atoms with Gasteiger partial charge >= 0.3 is 0 Å². The zero-order valence-corrected chi connectivity index (χ0v) is 11.1. The second-order valence-electron chi connectivity index (χ2n) is 4.98. The van der Waals surface area contributed by atoms with Crippen molar-refractivity contribution in [2.75, 3.05) is 13.2 Å². The van der Waals surface area contributed by atoms with Gasteiger partial charge in [-0.1, -0.05) is 0 Å². The van der Waals surface area contributed by atoms with E-state index in [1.165, 1.54) is 12.8 Å². The molecule has 0 aliphatic heterocycles. The van der Waals surface area contributed by atoms with Gasteiger partial charge in [0.1, 0.15) is 5.75 Å². The number of benzene rings is 1. The molecule has 18 heavy (non-hydrogen) atoms. The van der Waals surface area contributed by atoms with E-state index in [0.717, 1.165) is 42.5 Å². The molecule has 0 unspecified atom stereocenters. The van der Waals surface area contributed by atoms with Crippen LogP contribution in [0.4, 0.5) is 0 Å². The molecule has 0 radical (unpaired) electrons. The molecule has 0 atom stereocenters. The second-order valence-corrected chi connectivity index (χ2v) is 4.98.